The van der Waals surface area contributed by atoms with Crippen LogP contribution in [0.1, 0.15) is 22.9 Å². The van der Waals surface area contributed by atoms with Gasteiger partial charge in [0.2, 0.25) is 0 Å². The molecule has 0 aliphatic heterocycles. The standard InChI is InChI=1S/C12H14N2O/c1-9-5-3-4-6-10(9)12(15)11-7-8-14(2)13-11/h3-8,12,15H,1-2H3. The van der Waals surface area contributed by atoms with E-state index in [-0.39, 0.29) is 0 Å². The summed E-state index contributed by atoms with van der Waals surface area (Å²) < 4.78 is 1.69. The van der Waals surface area contributed by atoms with Crippen LogP contribution in [0.2, 0.25) is 0 Å². The number of hydrogen-bond acceptors (Lipinski definition) is 2. The molecule has 0 fully saturated rings. The molecule has 1 atom stereocenters. The van der Waals surface area contributed by atoms with E-state index in [1.54, 1.807) is 4.68 Å². The van der Waals surface area contributed by atoms with Crippen molar-refractivity contribution in [3.63, 3.8) is 0 Å². The van der Waals surface area contributed by atoms with Gasteiger partial charge in [-0.2, -0.15) is 5.10 Å². The van der Waals surface area contributed by atoms with Crippen molar-refractivity contribution in [2.45, 2.75) is 13.0 Å². The highest BCUT2D eigenvalue weighted by molar-refractivity contribution is 5.32. The molecule has 3 heteroatoms. The average Bonchev–Trinajstić information content (AvgIpc) is 2.65. The minimum atomic E-state index is -0.632. The lowest BCUT2D eigenvalue weighted by Gasteiger charge is -2.10. The third-order valence-electron chi connectivity index (χ3n) is 2.50. The topological polar surface area (TPSA) is 38.0 Å². The molecule has 0 saturated carbocycles. The molecule has 0 spiro atoms. The van der Waals surface area contributed by atoms with Gasteiger partial charge < -0.3 is 5.11 Å². The highest BCUT2D eigenvalue weighted by atomic mass is 16.3. The molecule has 0 aliphatic carbocycles. The van der Waals surface area contributed by atoms with Crippen molar-refractivity contribution in [2.24, 2.45) is 7.05 Å². The van der Waals surface area contributed by atoms with Gasteiger partial charge in [-0.25, -0.2) is 0 Å². The van der Waals surface area contributed by atoms with Crippen molar-refractivity contribution in [2.75, 3.05) is 0 Å². The Kier molecular flexibility index (Phi) is 2.56. The van der Waals surface area contributed by atoms with Gasteiger partial charge in [0.1, 0.15) is 6.10 Å². The second-order valence-electron chi connectivity index (χ2n) is 3.67. The Balaban J connectivity index is 2.36. The Labute approximate surface area is 89.0 Å². The summed E-state index contributed by atoms with van der Waals surface area (Å²) >= 11 is 0. The molecule has 2 aromatic rings. The van der Waals surface area contributed by atoms with Crippen LogP contribution in [0.3, 0.4) is 0 Å². The molecule has 0 saturated heterocycles. The van der Waals surface area contributed by atoms with Gasteiger partial charge in [0.25, 0.3) is 0 Å². The van der Waals surface area contributed by atoms with E-state index in [9.17, 15) is 5.11 Å². The van der Waals surface area contributed by atoms with E-state index in [0.717, 1.165) is 11.1 Å². The van der Waals surface area contributed by atoms with Gasteiger partial charge in [-0.1, -0.05) is 24.3 Å². The zero-order valence-corrected chi connectivity index (χ0v) is 8.88. The minimum absolute atomic E-state index is 0.632. The first kappa shape index (κ1) is 9.93. The van der Waals surface area contributed by atoms with Crippen LogP contribution < -0.4 is 0 Å². The van der Waals surface area contributed by atoms with E-state index in [0.29, 0.717) is 5.69 Å². The lowest BCUT2D eigenvalue weighted by molar-refractivity contribution is 0.213. The van der Waals surface area contributed by atoms with E-state index in [1.807, 2.05) is 50.5 Å². The first-order valence-electron chi connectivity index (χ1n) is 4.91. The van der Waals surface area contributed by atoms with E-state index < -0.39 is 6.10 Å². The Morgan fingerprint density at radius 3 is 2.60 bits per heavy atom. The van der Waals surface area contributed by atoms with Crippen LogP contribution in [0.15, 0.2) is 36.5 Å². The maximum atomic E-state index is 10.1. The molecule has 0 amide bonds. The molecule has 15 heavy (non-hydrogen) atoms. The van der Waals surface area contributed by atoms with Gasteiger partial charge in [0.05, 0.1) is 5.69 Å². The van der Waals surface area contributed by atoms with Crippen molar-refractivity contribution in [3.05, 3.63) is 53.3 Å². The smallest absolute Gasteiger partial charge is 0.123 e. The van der Waals surface area contributed by atoms with Gasteiger partial charge in [-0.3, -0.25) is 4.68 Å². The summed E-state index contributed by atoms with van der Waals surface area (Å²) in [5.41, 5.74) is 2.68. The number of aliphatic hydroxyl groups is 1. The number of hydrogen-bond donors (Lipinski definition) is 1. The van der Waals surface area contributed by atoms with Gasteiger partial charge in [-0.15, -0.1) is 0 Å². The van der Waals surface area contributed by atoms with Crippen LogP contribution in [0.5, 0.6) is 0 Å². The summed E-state index contributed by atoms with van der Waals surface area (Å²) in [6, 6.07) is 9.63. The zero-order valence-electron chi connectivity index (χ0n) is 8.88. The van der Waals surface area contributed by atoms with Crippen LogP contribution in [-0.4, -0.2) is 14.9 Å². The second kappa shape index (κ2) is 3.87. The molecule has 3 nitrogen and oxygen atoms in total. The van der Waals surface area contributed by atoms with Gasteiger partial charge in [-0.05, 0) is 24.1 Å². The number of rotatable bonds is 2. The van der Waals surface area contributed by atoms with Crippen LogP contribution >= 0.6 is 0 Å². The lowest BCUT2D eigenvalue weighted by atomic mass is 10.0. The Morgan fingerprint density at radius 1 is 1.27 bits per heavy atom. The van der Waals surface area contributed by atoms with Gasteiger partial charge in [0, 0.05) is 13.2 Å². The second-order valence-corrected chi connectivity index (χ2v) is 3.67. The molecular weight excluding hydrogens is 188 g/mol. The van der Waals surface area contributed by atoms with Crippen LogP contribution in [0, 0.1) is 6.92 Å². The molecule has 1 unspecified atom stereocenters. The van der Waals surface area contributed by atoms with Crippen molar-refractivity contribution in [3.8, 4) is 0 Å². The van der Waals surface area contributed by atoms with Crippen LogP contribution in [-0.2, 0) is 7.05 Å². The van der Waals surface area contributed by atoms with E-state index >= 15 is 0 Å². The zero-order chi connectivity index (χ0) is 10.8. The van der Waals surface area contributed by atoms with Crippen LogP contribution in [0.4, 0.5) is 0 Å². The molecule has 0 bridgehead atoms. The first-order valence-corrected chi connectivity index (χ1v) is 4.91. The fourth-order valence-corrected chi connectivity index (χ4v) is 1.63. The van der Waals surface area contributed by atoms with Gasteiger partial charge >= 0.3 is 0 Å². The fourth-order valence-electron chi connectivity index (χ4n) is 1.63. The number of aliphatic hydroxyl groups excluding tert-OH is 1. The Morgan fingerprint density at radius 2 is 2.00 bits per heavy atom. The SMILES string of the molecule is Cc1ccccc1C(O)c1ccn(C)n1. The predicted molar refractivity (Wildman–Crippen MR) is 58.4 cm³/mol. The Hall–Kier alpha value is -1.61. The molecule has 1 N–H and O–H groups in total. The molecular formula is C12H14N2O. The Bertz CT molecular complexity index is 462. The van der Waals surface area contributed by atoms with E-state index in [2.05, 4.69) is 5.10 Å². The molecule has 2 rings (SSSR count). The van der Waals surface area contributed by atoms with Crippen molar-refractivity contribution in [1.82, 2.24) is 9.78 Å². The highest BCUT2D eigenvalue weighted by Gasteiger charge is 2.14. The summed E-state index contributed by atoms with van der Waals surface area (Å²) in [6.45, 7) is 1.99. The third kappa shape index (κ3) is 1.92. The summed E-state index contributed by atoms with van der Waals surface area (Å²) in [4.78, 5) is 0. The molecule has 78 valence electrons. The molecule has 1 aromatic heterocycles. The number of benzene rings is 1. The summed E-state index contributed by atoms with van der Waals surface area (Å²) in [5.74, 6) is 0. The van der Waals surface area contributed by atoms with Crippen molar-refractivity contribution >= 4 is 0 Å². The molecule has 0 aliphatic rings. The van der Waals surface area contributed by atoms with E-state index in [1.165, 1.54) is 0 Å². The normalized spacial score (nSPS) is 12.7. The highest BCUT2D eigenvalue weighted by Crippen LogP contribution is 2.22. The van der Waals surface area contributed by atoms with Crippen molar-refractivity contribution < 1.29 is 5.11 Å². The first-order chi connectivity index (χ1) is 7.18. The molecule has 1 aromatic carbocycles. The van der Waals surface area contributed by atoms with Gasteiger partial charge in [0.15, 0.2) is 0 Å². The maximum Gasteiger partial charge on any atom is 0.123 e. The predicted octanol–water partition coefficient (Wildman–Crippen LogP) is 1.81. The molecule has 0 radical (unpaired) electrons. The van der Waals surface area contributed by atoms with E-state index in [4.69, 9.17) is 0 Å². The summed E-state index contributed by atoms with van der Waals surface area (Å²) in [6.07, 6.45) is 1.20. The third-order valence-corrected chi connectivity index (χ3v) is 2.50. The largest absolute Gasteiger partial charge is 0.382 e. The summed E-state index contributed by atoms with van der Waals surface area (Å²) in [5, 5.41) is 14.3. The quantitative estimate of drug-likeness (QED) is 0.806. The fraction of sp³-hybridized carbons (Fsp3) is 0.250. The summed E-state index contributed by atoms with van der Waals surface area (Å²) in [7, 11) is 1.84. The number of nitrogens with zero attached hydrogens (tertiary/aromatic N) is 2. The van der Waals surface area contributed by atoms with Crippen LogP contribution in [0.25, 0.3) is 0 Å². The number of aromatic nitrogens is 2. The minimum Gasteiger partial charge on any atom is -0.382 e. The van der Waals surface area contributed by atoms with Crippen molar-refractivity contribution in [1.29, 1.82) is 0 Å². The maximum absolute atomic E-state index is 10.1. The average molecular weight is 202 g/mol. The lowest BCUT2D eigenvalue weighted by Crippen LogP contribution is -2.03. The monoisotopic (exact) mass is 202 g/mol. The molecule has 1 heterocycles. The number of aryl methyl sites for hydroxylation is 2.